The van der Waals surface area contributed by atoms with Crippen LogP contribution in [0.2, 0.25) is 0 Å². The average Bonchev–Trinajstić information content (AvgIpc) is 2.29. The molecule has 4 heteroatoms. The molecule has 18 heavy (non-hydrogen) atoms. The summed E-state index contributed by atoms with van der Waals surface area (Å²) in [6, 6.07) is 4.80. The molecule has 1 atom stereocenters. The van der Waals surface area contributed by atoms with Crippen LogP contribution in [0, 0.1) is 6.92 Å². The van der Waals surface area contributed by atoms with Gasteiger partial charge in [-0.15, -0.1) is 0 Å². The Bertz CT molecular complexity index is 426. The van der Waals surface area contributed by atoms with Crippen molar-refractivity contribution in [1.29, 1.82) is 0 Å². The van der Waals surface area contributed by atoms with E-state index >= 15 is 0 Å². The molecular weight excluding hydrogens is 239 g/mol. The molecule has 2 rings (SSSR count). The summed E-state index contributed by atoms with van der Waals surface area (Å²) in [7, 11) is 0. The van der Waals surface area contributed by atoms with Gasteiger partial charge in [0.25, 0.3) is 0 Å². The van der Waals surface area contributed by atoms with E-state index in [2.05, 4.69) is 0 Å². The predicted octanol–water partition coefficient (Wildman–Crippen LogP) is 4.39. The van der Waals surface area contributed by atoms with E-state index in [-0.39, 0.29) is 6.04 Å². The first-order chi connectivity index (χ1) is 8.39. The highest BCUT2D eigenvalue weighted by Gasteiger charge is 2.36. The summed E-state index contributed by atoms with van der Waals surface area (Å²) in [5.74, 6) is 0. The Labute approximate surface area is 106 Å². The zero-order valence-corrected chi connectivity index (χ0v) is 10.7. The molecule has 1 fully saturated rings. The zero-order chi connectivity index (χ0) is 13.3. The van der Waals surface area contributed by atoms with Crippen LogP contribution >= 0.6 is 0 Å². The first-order valence-corrected chi connectivity index (χ1v) is 6.34. The van der Waals surface area contributed by atoms with Crippen molar-refractivity contribution in [2.24, 2.45) is 0 Å². The summed E-state index contributed by atoms with van der Waals surface area (Å²) in [5, 5.41) is 0. The van der Waals surface area contributed by atoms with E-state index in [1.54, 1.807) is 19.1 Å². The SMILES string of the molecule is Cc1ccc(N2CCCCC2C)c(C(F)(F)F)c1. The van der Waals surface area contributed by atoms with E-state index < -0.39 is 11.7 Å². The lowest BCUT2D eigenvalue weighted by molar-refractivity contribution is -0.137. The molecule has 1 saturated heterocycles. The molecule has 1 aliphatic rings. The third-order valence-electron chi connectivity index (χ3n) is 3.57. The van der Waals surface area contributed by atoms with Crippen molar-refractivity contribution in [1.82, 2.24) is 0 Å². The number of hydrogen-bond donors (Lipinski definition) is 0. The second kappa shape index (κ2) is 4.82. The van der Waals surface area contributed by atoms with E-state index in [0.717, 1.165) is 19.3 Å². The standard InChI is InChI=1S/C14H18F3N/c1-10-6-7-13(12(9-10)14(15,16)17)18-8-4-3-5-11(18)2/h6-7,9,11H,3-5,8H2,1-2H3. The van der Waals surface area contributed by atoms with Crippen molar-refractivity contribution in [3.8, 4) is 0 Å². The van der Waals surface area contributed by atoms with Crippen LogP contribution in [0.1, 0.15) is 37.3 Å². The van der Waals surface area contributed by atoms with Crippen LogP contribution in [0.5, 0.6) is 0 Å². The highest BCUT2D eigenvalue weighted by Crippen LogP contribution is 2.39. The fraction of sp³-hybridized carbons (Fsp3) is 0.571. The molecule has 0 aromatic heterocycles. The number of aryl methyl sites for hydroxylation is 1. The van der Waals surface area contributed by atoms with E-state index in [1.165, 1.54) is 6.07 Å². The fourth-order valence-electron chi connectivity index (χ4n) is 2.58. The van der Waals surface area contributed by atoms with E-state index in [1.807, 2.05) is 11.8 Å². The molecule has 1 unspecified atom stereocenters. The largest absolute Gasteiger partial charge is 0.418 e. The molecule has 100 valence electrons. The molecule has 0 aliphatic carbocycles. The van der Waals surface area contributed by atoms with Gasteiger partial charge in [0.15, 0.2) is 0 Å². The average molecular weight is 257 g/mol. The van der Waals surface area contributed by atoms with Gasteiger partial charge >= 0.3 is 6.18 Å². The van der Waals surface area contributed by atoms with Crippen LogP contribution in [-0.4, -0.2) is 12.6 Å². The second-order valence-corrected chi connectivity index (χ2v) is 5.06. The molecule has 1 heterocycles. The van der Waals surface area contributed by atoms with Gasteiger partial charge in [-0.1, -0.05) is 11.6 Å². The number of anilines is 1. The van der Waals surface area contributed by atoms with Crippen LogP contribution in [0.3, 0.4) is 0 Å². The molecule has 0 radical (unpaired) electrons. The summed E-state index contributed by atoms with van der Waals surface area (Å²) in [6.07, 6.45) is -1.25. The van der Waals surface area contributed by atoms with Crippen LogP contribution in [0.4, 0.5) is 18.9 Å². The van der Waals surface area contributed by atoms with E-state index in [4.69, 9.17) is 0 Å². The highest BCUT2D eigenvalue weighted by molar-refractivity contribution is 5.57. The van der Waals surface area contributed by atoms with Crippen LogP contribution in [0.15, 0.2) is 18.2 Å². The van der Waals surface area contributed by atoms with Gasteiger partial charge in [0.1, 0.15) is 0 Å². The van der Waals surface area contributed by atoms with Crippen molar-refractivity contribution in [2.45, 2.75) is 45.3 Å². The van der Waals surface area contributed by atoms with Gasteiger partial charge in [-0.25, -0.2) is 0 Å². The molecule has 0 amide bonds. The molecule has 0 N–H and O–H groups in total. The predicted molar refractivity (Wildman–Crippen MR) is 66.8 cm³/mol. The van der Waals surface area contributed by atoms with Gasteiger partial charge in [0.05, 0.1) is 5.56 Å². The zero-order valence-electron chi connectivity index (χ0n) is 10.7. The maximum absolute atomic E-state index is 13.1. The van der Waals surface area contributed by atoms with Gasteiger partial charge in [0, 0.05) is 18.3 Å². The Balaban J connectivity index is 2.43. The molecule has 1 aromatic rings. The monoisotopic (exact) mass is 257 g/mol. The van der Waals surface area contributed by atoms with Crippen LogP contribution in [0.25, 0.3) is 0 Å². The number of alkyl halides is 3. The summed E-state index contributed by atoms with van der Waals surface area (Å²) in [4.78, 5) is 1.89. The lowest BCUT2D eigenvalue weighted by Crippen LogP contribution is -2.38. The number of halogens is 3. The summed E-state index contributed by atoms with van der Waals surface area (Å²) in [6.45, 7) is 4.41. The Morgan fingerprint density at radius 3 is 2.56 bits per heavy atom. The van der Waals surface area contributed by atoms with Crippen molar-refractivity contribution in [3.63, 3.8) is 0 Å². The molecule has 0 bridgehead atoms. The smallest absolute Gasteiger partial charge is 0.368 e. The van der Waals surface area contributed by atoms with Crippen molar-refractivity contribution < 1.29 is 13.2 Å². The third-order valence-corrected chi connectivity index (χ3v) is 3.57. The Hall–Kier alpha value is -1.19. The Morgan fingerprint density at radius 2 is 1.94 bits per heavy atom. The lowest BCUT2D eigenvalue weighted by atomic mass is 10.00. The first kappa shape index (κ1) is 13.2. The minimum Gasteiger partial charge on any atom is -0.368 e. The molecule has 0 saturated carbocycles. The van der Waals surface area contributed by atoms with E-state index in [0.29, 0.717) is 17.8 Å². The lowest BCUT2D eigenvalue weighted by Gasteiger charge is -2.37. The normalized spacial score (nSPS) is 21.2. The second-order valence-electron chi connectivity index (χ2n) is 5.06. The first-order valence-electron chi connectivity index (χ1n) is 6.34. The summed E-state index contributed by atoms with van der Waals surface area (Å²) < 4.78 is 39.3. The van der Waals surface area contributed by atoms with Gasteiger partial charge in [-0.3, -0.25) is 0 Å². The Morgan fingerprint density at radius 1 is 1.22 bits per heavy atom. The minimum absolute atomic E-state index is 0.183. The van der Waals surface area contributed by atoms with Gasteiger partial charge in [0.2, 0.25) is 0 Å². The molecule has 1 aromatic carbocycles. The quantitative estimate of drug-likeness (QED) is 0.721. The number of piperidine rings is 1. The van der Waals surface area contributed by atoms with Crippen molar-refractivity contribution in [3.05, 3.63) is 29.3 Å². The van der Waals surface area contributed by atoms with Gasteiger partial charge < -0.3 is 4.90 Å². The third kappa shape index (κ3) is 2.62. The van der Waals surface area contributed by atoms with Gasteiger partial charge in [-0.2, -0.15) is 13.2 Å². The minimum atomic E-state index is -4.28. The Kier molecular flexibility index (Phi) is 3.55. The van der Waals surface area contributed by atoms with Crippen molar-refractivity contribution >= 4 is 5.69 Å². The molecule has 0 spiro atoms. The maximum Gasteiger partial charge on any atom is 0.418 e. The van der Waals surface area contributed by atoms with Crippen molar-refractivity contribution in [2.75, 3.05) is 11.4 Å². The number of hydrogen-bond acceptors (Lipinski definition) is 1. The highest BCUT2D eigenvalue weighted by atomic mass is 19.4. The fourth-order valence-corrected chi connectivity index (χ4v) is 2.58. The van der Waals surface area contributed by atoms with E-state index in [9.17, 15) is 13.2 Å². The molecular formula is C14H18F3N. The number of nitrogens with zero attached hydrogens (tertiary/aromatic N) is 1. The number of rotatable bonds is 1. The molecule has 1 nitrogen and oxygen atoms in total. The summed E-state index contributed by atoms with van der Waals surface area (Å²) >= 11 is 0. The number of benzene rings is 1. The van der Waals surface area contributed by atoms with Crippen LogP contribution < -0.4 is 4.90 Å². The van der Waals surface area contributed by atoms with Gasteiger partial charge in [-0.05, 0) is 45.2 Å². The summed E-state index contributed by atoms with van der Waals surface area (Å²) in [5.41, 5.74) is 0.479. The maximum atomic E-state index is 13.1. The topological polar surface area (TPSA) is 3.24 Å². The van der Waals surface area contributed by atoms with Crippen LogP contribution in [-0.2, 0) is 6.18 Å². The molecule has 1 aliphatic heterocycles.